The van der Waals surface area contributed by atoms with Crippen LogP contribution in [0.25, 0.3) is 23.0 Å². The Labute approximate surface area is 242 Å². The predicted octanol–water partition coefficient (Wildman–Crippen LogP) is 5.38. The normalized spacial score (nSPS) is 15.4. The van der Waals surface area contributed by atoms with E-state index in [1.54, 1.807) is 43.0 Å². The molecule has 0 radical (unpaired) electrons. The number of hydrogen-bond acceptors (Lipinski definition) is 7. The monoisotopic (exact) mass is 558 g/mol. The lowest BCUT2D eigenvalue weighted by molar-refractivity contribution is -0.141. The van der Waals surface area contributed by atoms with Gasteiger partial charge in [0.05, 0.1) is 19.3 Å². The highest BCUT2D eigenvalue weighted by Crippen LogP contribution is 2.36. The number of para-hydroxylation sites is 1. The van der Waals surface area contributed by atoms with Gasteiger partial charge in [0.1, 0.15) is 23.1 Å². The van der Waals surface area contributed by atoms with E-state index in [4.69, 9.17) is 19.3 Å². The molecule has 208 valence electrons. The first-order valence-corrected chi connectivity index (χ1v) is 13.3. The summed E-state index contributed by atoms with van der Waals surface area (Å²) in [5.74, 6) is 0.720. The van der Waals surface area contributed by atoms with Gasteiger partial charge in [0.15, 0.2) is 11.5 Å². The lowest BCUT2D eigenvalue weighted by Gasteiger charge is -2.27. The fourth-order valence-corrected chi connectivity index (χ4v) is 5.09. The minimum absolute atomic E-state index is 0.0299. The van der Waals surface area contributed by atoms with E-state index in [1.807, 2.05) is 67.7 Å². The minimum Gasteiger partial charge on any atom is -0.497 e. The minimum atomic E-state index is -0.638. The lowest BCUT2D eigenvalue weighted by Crippen LogP contribution is -2.42. The van der Waals surface area contributed by atoms with E-state index < -0.39 is 11.8 Å². The van der Waals surface area contributed by atoms with E-state index >= 15 is 0 Å². The average molecular weight is 559 g/mol. The third-order valence-electron chi connectivity index (χ3n) is 7.35. The molecule has 0 saturated heterocycles. The van der Waals surface area contributed by atoms with E-state index in [9.17, 15) is 14.9 Å². The molecule has 2 aliphatic rings. The fourth-order valence-electron chi connectivity index (χ4n) is 5.09. The van der Waals surface area contributed by atoms with Gasteiger partial charge in [-0.2, -0.15) is 10.4 Å². The van der Waals surface area contributed by atoms with Crippen LogP contribution in [0.3, 0.4) is 0 Å². The van der Waals surface area contributed by atoms with Crippen molar-refractivity contribution in [1.82, 2.24) is 14.7 Å². The SMILES string of the molecule is COc1ccc(-c2nn(-c3ccccc3)cc2/C=C2/C(=O)N(Cc3ccc4c(c3)OCO4)C(=O)C(C#N)=C2C)c(C)c1. The maximum Gasteiger partial charge on any atom is 0.271 e. The predicted molar refractivity (Wildman–Crippen MR) is 155 cm³/mol. The van der Waals surface area contributed by atoms with Crippen LogP contribution in [-0.2, 0) is 16.1 Å². The number of fused-ring (bicyclic) bond motifs is 1. The summed E-state index contributed by atoms with van der Waals surface area (Å²) in [4.78, 5) is 28.3. The number of methoxy groups -OCH3 is 1. The van der Waals surface area contributed by atoms with Crippen LogP contribution in [0.1, 0.15) is 23.6 Å². The highest BCUT2D eigenvalue weighted by Gasteiger charge is 2.36. The summed E-state index contributed by atoms with van der Waals surface area (Å²) < 4.78 is 18.0. The Bertz CT molecular complexity index is 1850. The third-order valence-corrected chi connectivity index (χ3v) is 7.35. The zero-order valence-electron chi connectivity index (χ0n) is 23.2. The Balaban J connectivity index is 1.47. The molecule has 0 spiro atoms. The number of aryl methyl sites for hydroxylation is 1. The molecule has 3 aromatic carbocycles. The van der Waals surface area contributed by atoms with Crippen molar-refractivity contribution in [1.29, 1.82) is 5.26 Å². The molecule has 3 heterocycles. The van der Waals surface area contributed by atoms with Crippen molar-refractivity contribution in [3.8, 4) is 40.3 Å². The summed E-state index contributed by atoms with van der Waals surface area (Å²) in [6.07, 6.45) is 3.55. The molecule has 2 amide bonds. The van der Waals surface area contributed by atoms with Gasteiger partial charge in [0.25, 0.3) is 11.8 Å². The van der Waals surface area contributed by atoms with E-state index in [2.05, 4.69) is 0 Å². The number of imide groups is 1. The number of carbonyl (C=O) groups excluding carboxylic acids is 2. The van der Waals surface area contributed by atoms with E-state index in [1.165, 1.54) is 0 Å². The Kier molecular flexibility index (Phi) is 6.80. The molecular weight excluding hydrogens is 532 g/mol. The first kappa shape index (κ1) is 26.6. The molecule has 0 aliphatic carbocycles. The van der Waals surface area contributed by atoms with Crippen molar-refractivity contribution >= 4 is 17.9 Å². The summed E-state index contributed by atoms with van der Waals surface area (Å²) in [6, 6.07) is 22.6. The number of benzene rings is 3. The molecule has 0 fully saturated rings. The molecule has 2 aliphatic heterocycles. The number of rotatable bonds is 6. The second-order valence-electron chi connectivity index (χ2n) is 9.95. The molecule has 0 bridgehead atoms. The molecule has 0 unspecified atom stereocenters. The van der Waals surface area contributed by atoms with Crippen LogP contribution < -0.4 is 14.2 Å². The summed E-state index contributed by atoms with van der Waals surface area (Å²) in [5.41, 5.74) is 5.08. The summed E-state index contributed by atoms with van der Waals surface area (Å²) in [7, 11) is 1.61. The van der Waals surface area contributed by atoms with Crippen LogP contribution in [-0.4, -0.2) is 40.4 Å². The number of nitriles is 1. The number of nitrogens with zero attached hydrogens (tertiary/aromatic N) is 4. The maximum atomic E-state index is 13.9. The number of aromatic nitrogens is 2. The van der Waals surface area contributed by atoms with Crippen molar-refractivity contribution < 1.29 is 23.8 Å². The Hall–Kier alpha value is -5.62. The van der Waals surface area contributed by atoms with Gasteiger partial charge in [-0.15, -0.1) is 0 Å². The first-order chi connectivity index (χ1) is 20.4. The molecule has 4 aromatic rings. The molecule has 6 rings (SSSR count). The Morgan fingerprint density at radius 2 is 1.79 bits per heavy atom. The van der Waals surface area contributed by atoms with Crippen molar-refractivity contribution in [2.24, 2.45) is 0 Å². The zero-order valence-corrected chi connectivity index (χ0v) is 23.2. The van der Waals surface area contributed by atoms with Crippen molar-refractivity contribution in [2.75, 3.05) is 13.9 Å². The van der Waals surface area contributed by atoms with Gasteiger partial charge in [0.2, 0.25) is 6.79 Å². The lowest BCUT2D eigenvalue weighted by atomic mass is 9.92. The van der Waals surface area contributed by atoms with Crippen LogP contribution in [0.5, 0.6) is 17.2 Å². The van der Waals surface area contributed by atoms with Crippen LogP contribution >= 0.6 is 0 Å². The van der Waals surface area contributed by atoms with Gasteiger partial charge in [-0.25, -0.2) is 4.68 Å². The highest BCUT2D eigenvalue weighted by molar-refractivity contribution is 6.19. The molecule has 1 aromatic heterocycles. The average Bonchev–Trinajstić information content (AvgIpc) is 3.65. The van der Waals surface area contributed by atoms with Gasteiger partial charge in [-0.1, -0.05) is 24.3 Å². The van der Waals surface area contributed by atoms with Gasteiger partial charge < -0.3 is 14.2 Å². The van der Waals surface area contributed by atoms with Crippen LogP contribution in [0.15, 0.2) is 89.6 Å². The number of hydrogen-bond donors (Lipinski definition) is 0. The molecule has 0 atom stereocenters. The van der Waals surface area contributed by atoms with Crippen molar-refractivity contribution in [3.05, 3.63) is 106 Å². The zero-order chi connectivity index (χ0) is 29.4. The molecule has 0 saturated carbocycles. The van der Waals surface area contributed by atoms with Gasteiger partial charge in [-0.3, -0.25) is 14.5 Å². The molecule has 9 nitrogen and oxygen atoms in total. The Morgan fingerprint density at radius 3 is 2.52 bits per heavy atom. The molecule has 42 heavy (non-hydrogen) atoms. The summed E-state index contributed by atoms with van der Waals surface area (Å²) >= 11 is 0. The third kappa shape index (κ3) is 4.69. The summed E-state index contributed by atoms with van der Waals surface area (Å²) in [6.45, 7) is 3.67. The smallest absolute Gasteiger partial charge is 0.271 e. The van der Waals surface area contributed by atoms with E-state index in [-0.39, 0.29) is 24.5 Å². The molecule has 9 heteroatoms. The van der Waals surface area contributed by atoms with Gasteiger partial charge in [-0.05, 0) is 79.1 Å². The quantitative estimate of drug-likeness (QED) is 0.231. The maximum absolute atomic E-state index is 13.9. The highest BCUT2D eigenvalue weighted by atomic mass is 16.7. The van der Waals surface area contributed by atoms with Crippen LogP contribution in [0.2, 0.25) is 0 Å². The van der Waals surface area contributed by atoms with Gasteiger partial charge >= 0.3 is 0 Å². The van der Waals surface area contributed by atoms with E-state index in [0.717, 1.165) is 27.5 Å². The standard InChI is InChI=1S/C33H26N4O5/c1-20-13-25(40-3)10-11-26(20)31-23(18-37(35-31)24-7-5-4-6-8-24)15-27-21(2)28(16-34)33(39)36(32(27)38)17-22-9-12-29-30(14-22)42-19-41-29/h4-15,18H,17,19H2,1-3H3/b27-15+. The first-order valence-electron chi connectivity index (χ1n) is 13.3. The van der Waals surface area contributed by atoms with Crippen LogP contribution in [0, 0.1) is 18.3 Å². The summed E-state index contributed by atoms with van der Waals surface area (Å²) in [5, 5.41) is 14.8. The number of amides is 2. The number of ether oxygens (including phenoxy) is 3. The fraction of sp³-hybridized carbons (Fsp3) is 0.152. The second-order valence-corrected chi connectivity index (χ2v) is 9.95. The topological polar surface area (TPSA) is 107 Å². The Morgan fingerprint density at radius 1 is 1.00 bits per heavy atom. The van der Waals surface area contributed by atoms with E-state index in [0.29, 0.717) is 33.9 Å². The van der Waals surface area contributed by atoms with Crippen molar-refractivity contribution in [3.63, 3.8) is 0 Å². The van der Waals surface area contributed by atoms with Crippen molar-refractivity contribution in [2.45, 2.75) is 20.4 Å². The number of carbonyl (C=O) groups is 2. The largest absolute Gasteiger partial charge is 0.497 e. The molecule has 0 N–H and O–H groups in total. The second kappa shape index (κ2) is 10.7. The van der Waals surface area contributed by atoms with Crippen LogP contribution in [0.4, 0.5) is 0 Å². The molecular formula is C33H26N4O5. The van der Waals surface area contributed by atoms with Gasteiger partial charge in [0, 0.05) is 22.9 Å².